The Morgan fingerprint density at radius 3 is 1.80 bits per heavy atom. The molecule has 0 heterocycles. The second-order valence-corrected chi connectivity index (χ2v) is 14.1. The molecule has 0 amide bonds. The monoisotopic (exact) mass is 554 g/mol. The molecule has 0 saturated carbocycles. The highest BCUT2D eigenvalue weighted by Gasteiger charge is 2.28. The molecule has 2 atom stereocenters. The van der Waals surface area contributed by atoms with E-state index in [0.29, 0.717) is 17.3 Å². The van der Waals surface area contributed by atoms with Crippen LogP contribution in [0.5, 0.6) is 0 Å². The molecule has 0 N–H and O–H groups in total. The standard InChI is InChI=1S/C41H62/c1-14-34(5)39(40(9,10)11)30-37(8)35(6)25-18-24-32(3)21-16-15-20-31(2)22-17-23-33(4)27-28-38-36(7)26-19-29-41(38,12)13/h14-18,20-25,27-28,37,39H,19,26,29-30H2,1-13H3/b16-15+,22-17+,24-18+,28-27+,31-20+,32-21+,33-23+,34-14-,35-25+. The van der Waals surface area contributed by atoms with Crippen molar-refractivity contribution in [3.63, 3.8) is 0 Å². The second kappa shape index (κ2) is 17.4. The Bertz CT molecular complexity index is 1150. The summed E-state index contributed by atoms with van der Waals surface area (Å²) in [4.78, 5) is 0. The molecule has 0 spiro atoms. The fourth-order valence-electron chi connectivity index (χ4n) is 5.64. The van der Waals surface area contributed by atoms with Gasteiger partial charge < -0.3 is 0 Å². The molecule has 0 fully saturated rings. The number of rotatable bonds is 12. The topological polar surface area (TPSA) is 0 Å². The van der Waals surface area contributed by atoms with Crippen molar-refractivity contribution >= 4 is 0 Å². The molecule has 0 radical (unpaired) electrons. The molecular formula is C41H62. The first-order valence-corrected chi connectivity index (χ1v) is 15.8. The molecule has 0 aromatic rings. The van der Waals surface area contributed by atoms with Crippen molar-refractivity contribution in [1.29, 1.82) is 0 Å². The van der Waals surface area contributed by atoms with E-state index in [4.69, 9.17) is 0 Å². The minimum absolute atomic E-state index is 0.283. The number of allylic oxidation sites excluding steroid dienone is 20. The van der Waals surface area contributed by atoms with Crippen molar-refractivity contribution in [3.8, 4) is 0 Å². The molecule has 0 aromatic carbocycles. The average molecular weight is 555 g/mol. The van der Waals surface area contributed by atoms with Gasteiger partial charge in [0.1, 0.15) is 0 Å². The predicted octanol–water partition coefficient (Wildman–Crippen LogP) is 13.2. The van der Waals surface area contributed by atoms with Gasteiger partial charge in [-0.1, -0.05) is 154 Å². The summed E-state index contributed by atoms with van der Waals surface area (Å²) in [6.45, 7) is 29.7. The van der Waals surface area contributed by atoms with Gasteiger partial charge in [0.05, 0.1) is 0 Å². The van der Waals surface area contributed by atoms with Crippen molar-refractivity contribution in [2.45, 2.75) is 116 Å². The maximum absolute atomic E-state index is 2.37. The fraction of sp³-hybridized carbons (Fsp3) is 0.512. The molecule has 41 heavy (non-hydrogen) atoms. The van der Waals surface area contributed by atoms with E-state index in [-0.39, 0.29) is 5.41 Å². The van der Waals surface area contributed by atoms with E-state index in [1.165, 1.54) is 59.1 Å². The van der Waals surface area contributed by atoms with Crippen LogP contribution < -0.4 is 0 Å². The normalized spacial score (nSPS) is 20.4. The lowest BCUT2D eigenvalue weighted by Gasteiger charge is -2.34. The van der Waals surface area contributed by atoms with Crippen molar-refractivity contribution < 1.29 is 0 Å². The van der Waals surface area contributed by atoms with Gasteiger partial charge in [0.25, 0.3) is 0 Å². The van der Waals surface area contributed by atoms with Crippen LogP contribution in [0.4, 0.5) is 0 Å². The molecule has 0 aromatic heterocycles. The van der Waals surface area contributed by atoms with E-state index in [2.05, 4.69) is 169 Å². The van der Waals surface area contributed by atoms with Gasteiger partial charge >= 0.3 is 0 Å². The van der Waals surface area contributed by atoms with Crippen molar-refractivity contribution in [1.82, 2.24) is 0 Å². The second-order valence-electron chi connectivity index (χ2n) is 14.1. The minimum Gasteiger partial charge on any atom is -0.0884 e. The molecular weight excluding hydrogens is 492 g/mol. The Morgan fingerprint density at radius 1 is 0.780 bits per heavy atom. The zero-order chi connectivity index (χ0) is 31.2. The third-order valence-corrected chi connectivity index (χ3v) is 8.74. The van der Waals surface area contributed by atoms with E-state index >= 15 is 0 Å². The van der Waals surface area contributed by atoms with Crippen LogP contribution in [0.1, 0.15) is 116 Å². The van der Waals surface area contributed by atoms with Crippen LogP contribution in [0, 0.1) is 22.7 Å². The van der Waals surface area contributed by atoms with Gasteiger partial charge in [0.15, 0.2) is 0 Å². The van der Waals surface area contributed by atoms with Gasteiger partial charge in [0, 0.05) is 0 Å². The largest absolute Gasteiger partial charge is 0.0884 e. The molecule has 0 bridgehead atoms. The lowest BCUT2D eigenvalue weighted by Crippen LogP contribution is -2.24. The maximum Gasteiger partial charge on any atom is -0.0104 e. The predicted molar refractivity (Wildman–Crippen MR) is 188 cm³/mol. The quantitative estimate of drug-likeness (QED) is 0.166. The van der Waals surface area contributed by atoms with Crippen LogP contribution >= 0.6 is 0 Å². The van der Waals surface area contributed by atoms with Crippen molar-refractivity contribution in [3.05, 3.63) is 118 Å². The number of hydrogen-bond acceptors (Lipinski definition) is 0. The van der Waals surface area contributed by atoms with Crippen LogP contribution in [-0.2, 0) is 0 Å². The van der Waals surface area contributed by atoms with Gasteiger partial charge in [-0.25, -0.2) is 0 Å². The maximum atomic E-state index is 2.37. The molecule has 0 saturated heterocycles. The molecule has 0 aliphatic heterocycles. The fourth-order valence-corrected chi connectivity index (χ4v) is 5.64. The van der Waals surface area contributed by atoms with Crippen molar-refractivity contribution in [2.24, 2.45) is 22.7 Å². The first-order chi connectivity index (χ1) is 19.1. The Hall–Kier alpha value is -2.60. The van der Waals surface area contributed by atoms with Crippen LogP contribution in [0.3, 0.4) is 0 Å². The zero-order valence-corrected chi connectivity index (χ0v) is 29.0. The summed E-state index contributed by atoms with van der Waals surface area (Å²) in [7, 11) is 0. The SMILES string of the molecule is C/C=C(/C)C(CC(C)/C(C)=C/C=C/C(C)=C/C=C/C=C(C)/C=C/C=C(C)/C=C/C1=C(C)CCCC1(C)C)C(C)(C)C. The third kappa shape index (κ3) is 13.7. The van der Waals surface area contributed by atoms with Crippen molar-refractivity contribution in [2.75, 3.05) is 0 Å². The van der Waals surface area contributed by atoms with E-state index in [1.807, 2.05) is 0 Å². The first-order valence-electron chi connectivity index (χ1n) is 15.8. The van der Waals surface area contributed by atoms with Gasteiger partial charge in [-0.3, -0.25) is 0 Å². The highest BCUT2D eigenvalue weighted by molar-refractivity contribution is 5.37. The molecule has 0 nitrogen and oxygen atoms in total. The smallest absolute Gasteiger partial charge is 0.0104 e. The lowest BCUT2D eigenvalue weighted by atomic mass is 9.71. The summed E-state index contributed by atoms with van der Waals surface area (Å²) in [5.41, 5.74) is 10.3. The van der Waals surface area contributed by atoms with E-state index in [0.717, 1.165) is 0 Å². The first kappa shape index (κ1) is 36.4. The molecule has 1 aliphatic carbocycles. The summed E-state index contributed by atoms with van der Waals surface area (Å²) >= 11 is 0. The molecule has 1 aliphatic rings. The summed E-state index contributed by atoms with van der Waals surface area (Å²) in [5.74, 6) is 1.16. The van der Waals surface area contributed by atoms with Gasteiger partial charge in [0.2, 0.25) is 0 Å². The minimum atomic E-state index is 0.283. The van der Waals surface area contributed by atoms with Gasteiger partial charge in [-0.05, 0) is 102 Å². The van der Waals surface area contributed by atoms with E-state index < -0.39 is 0 Å². The Morgan fingerprint density at radius 2 is 1.29 bits per heavy atom. The molecule has 1 rings (SSSR count). The summed E-state index contributed by atoms with van der Waals surface area (Å²) in [6.07, 6.45) is 33.7. The lowest BCUT2D eigenvalue weighted by molar-refractivity contribution is 0.244. The third-order valence-electron chi connectivity index (χ3n) is 8.74. The van der Waals surface area contributed by atoms with Crippen LogP contribution in [-0.4, -0.2) is 0 Å². The summed E-state index contributed by atoms with van der Waals surface area (Å²) in [5, 5.41) is 0. The molecule has 0 heteroatoms. The Labute approximate surface area is 255 Å². The van der Waals surface area contributed by atoms with Gasteiger partial charge in [-0.15, -0.1) is 0 Å². The highest BCUT2D eigenvalue weighted by atomic mass is 14.3. The zero-order valence-electron chi connectivity index (χ0n) is 29.0. The summed E-state index contributed by atoms with van der Waals surface area (Å²) in [6, 6.07) is 0. The van der Waals surface area contributed by atoms with Crippen LogP contribution in [0.15, 0.2) is 118 Å². The molecule has 226 valence electrons. The van der Waals surface area contributed by atoms with Crippen LogP contribution in [0.25, 0.3) is 0 Å². The van der Waals surface area contributed by atoms with Gasteiger partial charge in [-0.2, -0.15) is 0 Å². The Balaban J connectivity index is 2.69. The Kier molecular flexibility index (Phi) is 15.4. The average Bonchev–Trinajstić information content (AvgIpc) is 2.87. The van der Waals surface area contributed by atoms with E-state index in [1.54, 1.807) is 5.57 Å². The van der Waals surface area contributed by atoms with Crippen LogP contribution in [0.2, 0.25) is 0 Å². The molecule has 2 unspecified atom stereocenters. The van der Waals surface area contributed by atoms with E-state index in [9.17, 15) is 0 Å². The summed E-state index contributed by atoms with van der Waals surface area (Å²) < 4.78 is 0. The highest BCUT2D eigenvalue weighted by Crippen LogP contribution is 2.41. The number of hydrogen-bond donors (Lipinski definition) is 0.